The molecule has 1 fully saturated rings. The maximum absolute atomic E-state index is 11.6. The molecular formula is C14H21N3O3. The van der Waals surface area contributed by atoms with E-state index in [4.69, 9.17) is 15.2 Å². The highest BCUT2D eigenvalue weighted by Gasteiger charge is 2.41. The van der Waals surface area contributed by atoms with Crippen LogP contribution >= 0.6 is 0 Å². The number of pyridine rings is 1. The summed E-state index contributed by atoms with van der Waals surface area (Å²) in [6.07, 6.45) is 4.94. The van der Waals surface area contributed by atoms with Crippen molar-refractivity contribution in [2.75, 3.05) is 38.4 Å². The predicted octanol–water partition coefficient (Wildman–Crippen LogP) is 1.68. The molecule has 0 saturated heterocycles. The van der Waals surface area contributed by atoms with Crippen LogP contribution in [0.2, 0.25) is 0 Å². The van der Waals surface area contributed by atoms with Crippen molar-refractivity contribution in [3.63, 3.8) is 0 Å². The van der Waals surface area contributed by atoms with Crippen LogP contribution in [0, 0.1) is 5.41 Å². The van der Waals surface area contributed by atoms with Gasteiger partial charge in [-0.25, -0.2) is 9.78 Å². The number of hydrogen-bond donors (Lipinski definition) is 2. The summed E-state index contributed by atoms with van der Waals surface area (Å²) in [6.45, 7) is 1.55. The third-order valence-corrected chi connectivity index (χ3v) is 3.82. The fourth-order valence-corrected chi connectivity index (χ4v) is 2.18. The van der Waals surface area contributed by atoms with E-state index >= 15 is 0 Å². The van der Waals surface area contributed by atoms with Crippen LogP contribution in [0.4, 0.5) is 11.5 Å². The van der Waals surface area contributed by atoms with Gasteiger partial charge in [-0.15, -0.1) is 0 Å². The number of nitrogens with zero attached hydrogens (tertiary/aromatic N) is 1. The number of rotatable bonds is 7. The molecular weight excluding hydrogens is 258 g/mol. The minimum absolute atomic E-state index is 0.283. The van der Waals surface area contributed by atoms with Crippen LogP contribution in [0.25, 0.3) is 0 Å². The average molecular weight is 279 g/mol. The molecule has 0 spiro atoms. The van der Waals surface area contributed by atoms with Gasteiger partial charge in [0.15, 0.2) is 0 Å². The van der Waals surface area contributed by atoms with E-state index in [1.807, 2.05) is 0 Å². The Morgan fingerprint density at radius 2 is 2.25 bits per heavy atom. The fraction of sp³-hybridized carbons (Fsp3) is 0.571. The second-order valence-corrected chi connectivity index (χ2v) is 5.21. The number of nitrogens with one attached hydrogen (secondary N) is 1. The van der Waals surface area contributed by atoms with Crippen molar-refractivity contribution in [1.29, 1.82) is 0 Å². The van der Waals surface area contributed by atoms with Crippen LogP contribution in [-0.4, -0.2) is 38.3 Å². The lowest BCUT2D eigenvalue weighted by Gasteiger charge is -2.17. The quantitative estimate of drug-likeness (QED) is 0.738. The highest BCUT2D eigenvalue weighted by molar-refractivity contribution is 5.97. The zero-order valence-electron chi connectivity index (χ0n) is 11.9. The smallest absolute Gasteiger partial charge is 0.340 e. The number of esters is 1. The van der Waals surface area contributed by atoms with Crippen LogP contribution < -0.4 is 11.1 Å². The van der Waals surface area contributed by atoms with Crippen LogP contribution in [0.1, 0.15) is 29.6 Å². The maximum atomic E-state index is 11.6. The lowest BCUT2D eigenvalue weighted by atomic mass is 10.0. The molecule has 0 aliphatic heterocycles. The number of hydrogen-bond acceptors (Lipinski definition) is 6. The van der Waals surface area contributed by atoms with E-state index in [-0.39, 0.29) is 5.41 Å². The molecule has 0 unspecified atom stereocenters. The third-order valence-electron chi connectivity index (χ3n) is 3.82. The first-order valence-corrected chi connectivity index (χ1v) is 6.67. The van der Waals surface area contributed by atoms with Crippen molar-refractivity contribution in [3.05, 3.63) is 17.8 Å². The predicted molar refractivity (Wildman–Crippen MR) is 76.6 cm³/mol. The van der Waals surface area contributed by atoms with Crippen LogP contribution in [0.3, 0.4) is 0 Å². The van der Waals surface area contributed by atoms with Crippen molar-refractivity contribution in [2.45, 2.75) is 19.3 Å². The SMILES string of the molecule is COCCC1(CNc2nccc(C(=O)OC)c2N)CC1. The van der Waals surface area contributed by atoms with Crippen molar-refractivity contribution < 1.29 is 14.3 Å². The monoisotopic (exact) mass is 279 g/mol. The minimum Gasteiger partial charge on any atom is -0.465 e. The van der Waals surface area contributed by atoms with Gasteiger partial charge in [0.25, 0.3) is 0 Å². The van der Waals surface area contributed by atoms with Gasteiger partial charge in [-0.1, -0.05) is 0 Å². The number of methoxy groups -OCH3 is 2. The lowest BCUT2D eigenvalue weighted by molar-refractivity contribution is 0.0602. The molecule has 1 aliphatic rings. The van der Waals surface area contributed by atoms with Crippen LogP contribution in [0.15, 0.2) is 12.3 Å². The number of nitrogens with two attached hydrogens (primary N) is 1. The first kappa shape index (κ1) is 14.6. The van der Waals surface area contributed by atoms with Gasteiger partial charge < -0.3 is 20.5 Å². The summed E-state index contributed by atoms with van der Waals surface area (Å²) in [7, 11) is 3.04. The van der Waals surface area contributed by atoms with Crippen molar-refractivity contribution in [2.24, 2.45) is 5.41 Å². The van der Waals surface area contributed by atoms with Gasteiger partial charge >= 0.3 is 5.97 Å². The van der Waals surface area contributed by atoms with Gasteiger partial charge in [0, 0.05) is 26.5 Å². The Kier molecular flexibility index (Phi) is 4.44. The van der Waals surface area contributed by atoms with Gasteiger partial charge in [-0.05, 0) is 30.7 Å². The third kappa shape index (κ3) is 3.19. The van der Waals surface area contributed by atoms with E-state index in [9.17, 15) is 4.79 Å². The molecule has 1 aromatic heterocycles. The first-order valence-electron chi connectivity index (χ1n) is 6.67. The standard InChI is InChI=1S/C14H21N3O3/c1-19-8-6-14(4-5-14)9-17-12-11(15)10(3-7-16-12)13(18)20-2/h3,7H,4-6,8-9,15H2,1-2H3,(H,16,17). The summed E-state index contributed by atoms with van der Waals surface area (Å²) in [5.74, 6) is 0.0880. The van der Waals surface area contributed by atoms with Crippen molar-refractivity contribution >= 4 is 17.5 Å². The molecule has 0 radical (unpaired) electrons. The van der Waals surface area contributed by atoms with Crippen LogP contribution in [-0.2, 0) is 9.47 Å². The topological polar surface area (TPSA) is 86.5 Å². The molecule has 1 aliphatic carbocycles. The number of anilines is 2. The number of ether oxygens (including phenoxy) is 2. The molecule has 0 aromatic carbocycles. The molecule has 1 saturated carbocycles. The normalized spacial score (nSPS) is 15.7. The van der Waals surface area contributed by atoms with E-state index in [1.54, 1.807) is 19.4 Å². The Balaban J connectivity index is 2.01. The maximum Gasteiger partial charge on any atom is 0.340 e. The molecule has 1 aromatic rings. The second kappa shape index (κ2) is 6.09. The summed E-state index contributed by atoms with van der Waals surface area (Å²) in [4.78, 5) is 15.8. The number of aromatic nitrogens is 1. The van der Waals surface area contributed by atoms with Crippen molar-refractivity contribution in [1.82, 2.24) is 4.98 Å². The Morgan fingerprint density at radius 3 is 2.85 bits per heavy atom. The molecule has 1 heterocycles. The first-order chi connectivity index (χ1) is 9.62. The number of carbonyl (C=O) groups is 1. The molecule has 6 heteroatoms. The Morgan fingerprint density at radius 1 is 1.50 bits per heavy atom. The van der Waals surface area contributed by atoms with Gasteiger partial charge in [0.1, 0.15) is 5.82 Å². The Bertz CT molecular complexity index is 487. The van der Waals surface area contributed by atoms with Crippen LogP contribution in [0.5, 0.6) is 0 Å². The molecule has 20 heavy (non-hydrogen) atoms. The fourth-order valence-electron chi connectivity index (χ4n) is 2.18. The number of nitrogen functional groups attached to an aromatic ring is 1. The summed E-state index contributed by atoms with van der Waals surface area (Å²) >= 11 is 0. The Labute approximate surface area is 118 Å². The molecule has 0 atom stereocenters. The molecule has 2 rings (SSSR count). The summed E-state index contributed by atoms with van der Waals surface area (Å²) in [6, 6.07) is 1.56. The van der Waals surface area contributed by atoms with Gasteiger partial charge in [0.05, 0.1) is 18.4 Å². The van der Waals surface area contributed by atoms with E-state index in [2.05, 4.69) is 10.3 Å². The van der Waals surface area contributed by atoms with E-state index in [0.29, 0.717) is 17.1 Å². The average Bonchev–Trinajstić information content (AvgIpc) is 3.24. The van der Waals surface area contributed by atoms with Gasteiger partial charge in [-0.3, -0.25) is 0 Å². The summed E-state index contributed by atoms with van der Waals surface area (Å²) in [5, 5.41) is 3.24. The molecule has 6 nitrogen and oxygen atoms in total. The molecule has 110 valence electrons. The second-order valence-electron chi connectivity index (χ2n) is 5.21. The number of carbonyl (C=O) groups excluding carboxylic acids is 1. The van der Waals surface area contributed by atoms with E-state index < -0.39 is 5.97 Å². The highest BCUT2D eigenvalue weighted by Crippen LogP contribution is 2.48. The summed E-state index contributed by atoms with van der Waals surface area (Å²) < 4.78 is 9.82. The zero-order chi connectivity index (χ0) is 14.6. The minimum atomic E-state index is -0.450. The molecule has 0 amide bonds. The summed E-state index contributed by atoms with van der Waals surface area (Å²) in [5.41, 5.74) is 6.92. The van der Waals surface area contributed by atoms with Gasteiger partial charge in [-0.2, -0.15) is 0 Å². The highest BCUT2D eigenvalue weighted by atomic mass is 16.5. The lowest BCUT2D eigenvalue weighted by Crippen LogP contribution is -2.19. The van der Waals surface area contributed by atoms with E-state index in [1.165, 1.54) is 20.0 Å². The Hall–Kier alpha value is -1.82. The van der Waals surface area contributed by atoms with Crippen molar-refractivity contribution in [3.8, 4) is 0 Å². The van der Waals surface area contributed by atoms with Gasteiger partial charge in [0.2, 0.25) is 0 Å². The largest absolute Gasteiger partial charge is 0.465 e. The van der Waals surface area contributed by atoms with E-state index in [0.717, 1.165) is 19.6 Å². The molecule has 3 N–H and O–H groups in total. The molecule has 0 bridgehead atoms. The zero-order valence-corrected chi connectivity index (χ0v) is 11.9.